The third kappa shape index (κ3) is 3.36. The second-order valence-corrected chi connectivity index (χ2v) is 6.69. The molecule has 1 aliphatic rings. The first-order chi connectivity index (χ1) is 8.46. The summed E-state index contributed by atoms with van der Waals surface area (Å²) < 4.78 is 33.1. The molecule has 6 heteroatoms. The summed E-state index contributed by atoms with van der Waals surface area (Å²) in [5, 5.41) is 0. The van der Waals surface area contributed by atoms with Crippen LogP contribution in [0.25, 0.3) is 0 Å². The van der Waals surface area contributed by atoms with Crippen LogP contribution in [0.1, 0.15) is 18.0 Å². The zero-order valence-corrected chi connectivity index (χ0v) is 11.1. The predicted molar refractivity (Wildman–Crippen MR) is 68.7 cm³/mol. The number of nitrogens with two attached hydrogens (primary N) is 1. The number of hydrogen-bond donors (Lipinski definition) is 1. The van der Waals surface area contributed by atoms with Crippen LogP contribution in [-0.2, 0) is 9.84 Å². The van der Waals surface area contributed by atoms with Crippen molar-refractivity contribution in [1.82, 2.24) is 0 Å². The van der Waals surface area contributed by atoms with Gasteiger partial charge in [0.05, 0.1) is 5.75 Å². The van der Waals surface area contributed by atoms with Crippen LogP contribution < -0.4 is 15.2 Å². The van der Waals surface area contributed by atoms with Crippen molar-refractivity contribution >= 4 is 9.84 Å². The Balaban J connectivity index is 2.08. The number of hydrogen-bond acceptors (Lipinski definition) is 5. The van der Waals surface area contributed by atoms with Gasteiger partial charge >= 0.3 is 0 Å². The Kier molecular flexibility index (Phi) is 3.77. The van der Waals surface area contributed by atoms with Crippen LogP contribution in [-0.4, -0.2) is 33.6 Å². The standard InChI is InChI=1S/C12H17NO4S/c1-18(14,15)7-4-10(13)9-2-3-11-12(8-9)17-6-5-16-11/h2-3,8,10H,4-7,13H2,1H3. The lowest BCUT2D eigenvalue weighted by molar-refractivity contribution is 0.171. The smallest absolute Gasteiger partial charge is 0.161 e. The number of fused-ring (bicyclic) bond motifs is 1. The molecule has 0 aromatic heterocycles. The number of sulfone groups is 1. The van der Waals surface area contributed by atoms with Crippen LogP contribution in [0.15, 0.2) is 18.2 Å². The second kappa shape index (κ2) is 5.16. The van der Waals surface area contributed by atoms with Gasteiger partial charge in [-0.25, -0.2) is 8.42 Å². The van der Waals surface area contributed by atoms with E-state index in [1.807, 2.05) is 18.2 Å². The van der Waals surface area contributed by atoms with Gasteiger partial charge in [0.1, 0.15) is 23.1 Å². The summed E-state index contributed by atoms with van der Waals surface area (Å²) in [7, 11) is -2.98. The Bertz CT molecular complexity index is 527. The summed E-state index contributed by atoms with van der Waals surface area (Å²) in [4.78, 5) is 0. The fourth-order valence-electron chi connectivity index (χ4n) is 1.80. The normalized spacial score (nSPS) is 16.3. The average molecular weight is 271 g/mol. The molecule has 0 bridgehead atoms. The highest BCUT2D eigenvalue weighted by Crippen LogP contribution is 2.32. The Hall–Kier alpha value is -1.27. The summed E-state index contributed by atoms with van der Waals surface area (Å²) in [6.45, 7) is 1.07. The number of rotatable bonds is 4. The van der Waals surface area contributed by atoms with Crippen molar-refractivity contribution in [2.75, 3.05) is 25.2 Å². The predicted octanol–water partition coefficient (Wildman–Crippen LogP) is 0.892. The molecule has 1 aliphatic heterocycles. The van der Waals surface area contributed by atoms with Crippen molar-refractivity contribution in [2.24, 2.45) is 5.73 Å². The first kappa shape index (κ1) is 13.2. The molecule has 1 aromatic rings. The minimum atomic E-state index is -2.98. The molecule has 5 nitrogen and oxygen atoms in total. The lowest BCUT2D eigenvalue weighted by Gasteiger charge is -2.20. The van der Waals surface area contributed by atoms with E-state index in [-0.39, 0.29) is 11.8 Å². The van der Waals surface area contributed by atoms with E-state index in [1.54, 1.807) is 0 Å². The van der Waals surface area contributed by atoms with Gasteiger partial charge in [0.15, 0.2) is 11.5 Å². The van der Waals surface area contributed by atoms with E-state index in [9.17, 15) is 8.42 Å². The molecule has 0 aliphatic carbocycles. The molecule has 0 fully saturated rings. The molecule has 100 valence electrons. The van der Waals surface area contributed by atoms with Crippen molar-refractivity contribution in [3.05, 3.63) is 23.8 Å². The molecule has 1 atom stereocenters. The molecule has 1 heterocycles. The molecule has 2 N–H and O–H groups in total. The lowest BCUT2D eigenvalue weighted by Crippen LogP contribution is -2.18. The number of benzene rings is 1. The van der Waals surface area contributed by atoms with Crippen molar-refractivity contribution in [3.8, 4) is 11.5 Å². The van der Waals surface area contributed by atoms with Gasteiger partial charge in [-0.3, -0.25) is 0 Å². The Morgan fingerprint density at radius 2 is 1.94 bits per heavy atom. The molecule has 0 saturated heterocycles. The van der Waals surface area contributed by atoms with Gasteiger partial charge in [0, 0.05) is 12.3 Å². The van der Waals surface area contributed by atoms with Gasteiger partial charge in [-0.1, -0.05) is 6.07 Å². The van der Waals surface area contributed by atoms with Gasteiger partial charge in [0.2, 0.25) is 0 Å². The Labute approximate surface area is 107 Å². The first-order valence-electron chi connectivity index (χ1n) is 5.78. The molecule has 0 spiro atoms. The lowest BCUT2D eigenvalue weighted by atomic mass is 10.0. The maximum atomic E-state index is 11.1. The fourth-order valence-corrected chi connectivity index (χ4v) is 2.48. The van der Waals surface area contributed by atoms with E-state index < -0.39 is 9.84 Å². The van der Waals surface area contributed by atoms with Crippen LogP contribution >= 0.6 is 0 Å². The SMILES string of the molecule is CS(=O)(=O)CCC(N)c1ccc2c(c1)OCCO2. The largest absolute Gasteiger partial charge is 0.486 e. The van der Waals surface area contributed by atoms with Gasteiger partial charge in [-0.05, 0) is 24.1 Å². The highest BCUT2D eigenvalue weighted by Gasteiger charge is 2.15. The van der Waals surface area contributed by atoms with E-state index in [4.69, 9.17) is 15.2 Å². The summed E-state index contributed by atoms with van der Waals surface area (Å²) in [6.07, 6.45) is 1.61. The number of ether oxygens (including phenoxy) is 2. The van der Waals surface area contributed by atoms with Gasteiger partial charge in [0.25, 0.3) is 0 Å². The molecular weight excluding hydrogens is 254 g/mol. The van der Waals surface area contributed by atoms with Crippen LogP contribution in [0.3, 0.4) is 0 Å². The fraction of sp³-hybridized carbons (Fsp3) is 0.500. The van der Waals surface area contributed by atoms with Crippen LogP contribution in [0.4, 0.5) is 0 Å². The van der Waals surface area contributed by atoms with E-state index in [2.05, 4.69) is 0 Å². The van der Waals surface area contributed by atoms with Gasteiger partial charge in [-0.15, -0.1) is 0 Å². The molecule has 0 saturated carbocycles. The summed E-state index contributed by atoms with van der Waals surface area (Å²) in [5.74, 6) is 1.47. The van der Waals surface area contributed by atoms with Crippen molar-refractivity contribution in [1.29, 1.82) is 0 Å². The first-order valence-corrected chi connectivity index (χ1v) is 7.84. The maximum Gasteiger partial charge on any atom is 0.161 e. The Morgan fingerprint density at radius 1 is 1.28 bits per heavy atom. The summed E-state index contributed by atoms with van der Waals surface area (Å²) in [5.41, 5.74) is 6.84. The van der Waals surface area contributed by atoms with Crippen molar-refractivity contribution in [2.45, 2.75) is 12.5 Å². The summed E-state index contributed by atoms with van der Waals surface area (Å²) in [6, 6.07) is 5.17. The monoisotopic (exact) mass is 271 g/mol. The van der Waals surface area contributed by atoms with Gasteiger partial charge < -0.3 is 15.2 Å². The molecule has 1 unspecified atom stereocenters. The van der Waals surface area contributed by atoms with E-state index in [0.29, 0.717) is 31.1 Å². The molecule has 1 aromatic carbocycles. The van der Waals surface area contributed by atoms with E-state index in [1.165, 1.54) is 6.26 Å². The molecular formula is C12H17NO4S. The van der Waals surface area contributed by atoms with Crippen LogP contribution in [0.5, 0.6) is 11.5 Å². The average Bonchev–Trinajstić information content (AvgIpc) is 2.34. The molecule has 2 rings (SSSR count). The highest BCUT2D eigenvalue weighted by atomic mass is 32.2. The van der Waals surface area contributed by atoms with Crippen molar-refractivity contribution in [3.63, 3.8) is 0 Å². The minimum absolute atomic E-state index is 0.0859. The van der Waals surface area contributed by atoms with Crippen LogP contribution in [0, 0.1) is 0 Å². The zero-order valence-electron chi connectivity index (χ0n) is 10.3. The molecule has 18 heavy (non-hydrogen) atoms. The topological polar surface area (TPSA) is 78.6 Å². The van der Waals surface area contributed by atoms with E-state index in [0.717, 1.165) is 5.56 Å². The van der Waals surface area contributed by atoms with Crippen molar-refractivity contribution < 1.29 is 17.9 Å². The maximum absolute atomic E-state index is 11.1. The summed E-state index contributed by atoms with van der Waals surface area (Å²) >= 11 is 0. The zero-order chi connectivity index (χ0) is 13.2. The van der Waals surface area contributed by atoms with Gasteiger partial charge in [-0.2, -0.15) is 0 Å². The third-order valence-electron chi connectivity index (χ3n) is 2.79. The second-order valence-electron chi connectivity index (χ2n) is 4.43. The van der Waals surface area contributed by atoms with E-state index >= 15 is 0 Å². The Morgan fingerprint density at radius 3 is 2.61 bits per heavy atom. The highest BCUT2D eigenvalue weighted by molar-refractivity contribution is 7.90. The molecule has 0 amide bonds. The quantitative estimate of drug-likeness (QED) is 0.880. The molecule has 0 radical (unpaired) electrons. The van der Waals surface area contributed by atoms with Crippen LogP contribution in [0.2, 0.25) is 0 Å². The minimum Gasteiger partial charge on any atom is -0.486 e. The third-order valence-corrected chi connectivity index (χ3v) is 3.77.